The third kappa shape index (κ3) is 3.81. The number of fused-ring (bicyclic) bond motifs is 2. The van der Waals surface area contributed by atoms with E-state index in [4.69, 9.17) is 0 Å². The highest BCUT2D eigenvalue weighted by Gasteiger charge is 2.41. The Hall–Kier alpha value is -1.40. The van der Waals surface area contributed by atoms with Crippen LogP contribution in [0.4, 0.5) is 0 Å². The van der Waals surface area contributed by atoms with Crippen LogP contribution in [-0.4, -0.2) is 37.8 Å². The molecule has 0 unspecified atom stereocenters. The van der Waals surface area contributed by atoms with Crippen molar-refractivity contribution < 1.29 is 13.2 Å². The standard InChI is InChI=1S/C20H28N2O3S/c23-20(21-19-13-16-6-7-18(19)12-16)17-8-10-22(11-9-17)26(24,25)14-15-4-2-1-3-5-15/h1-5,16-19H,6-14H2,(H,21,23)/t16-,18-,19-/m0/s1. The van der Waals surface area contributed by atoms with Crippen LogP contribution < -0.4 is 5.32 Å². The largest absolute Gasteiger partial charge is 0.353 e. The van der Waals surface area contributed by atoms with Crippen LogP contribution in [0.15, 0.2) is 30.3 Å². The van der Waals surface area contributed by atoms with Gasteiger partial charge in [0.1, 0.15) is 0 Å². The fourth-order valence-corrected chi connectivity index (χ4v) is 6.56. The molecular weight excluding hydrogens is 348 g/mol. The lowest BCUT2D eigenvalue weighted by Gasteiger charge is -2.32. The molecule has 2 saturated carbocycles. The third-order valence-electron chi connectivity index (χ3n) is 6.48. The second-order valence-corrected chi connectivity index (χ2v) is 10.2. The van der Waals surface area contributed by atoms with Crippen molar-refractivity contribution in [3.05, 3.63) is 35.9 Å². The predicted molar refractivity (Wildman–Crippen MR) is 101 cm³/mol. The lowest BCUT2D eigenvalue weighted by atomic mass is 9.93. The molecule has 2 aliphatic carbocycles. The second-order valence-electron chi connectivity index (χ2n) is 8.21. The molecule has 142 valence electrons. The number of piperidine rings is 1. The van der Waals surface area contributed by atoms with E-state index >= 15 is 0 Å². The Balaban J connectivity index is 1.29. The Morgan fingerprint density at radius 2 is 1.77 bits per heavy atom. The van der Waals surface area contributed by atoms with E-state index < -0.39 is 10.0 Å². The molecule has 2 bridgehead atoms. The number of benzene rings is 1. The molecule has 4 rings (SSSR count). The van der Waals surface area contributed by atoms with Gasteiger partial charge in [0.2, 0.25) is 15.9 Å². The topological polar surface area (TPSA) is 66.5 Å². The van der Waals surface area contributed by atoms with Crippen LogP contribution in [0.25, 0.3) is 0 Å². The molecule has 1 N–H and O–H groups in total. The number of rotatable bonds is 5. The molecule has 1 heterocycles. The molecule has 5 nitrogen and oxygen atoms in total. The van der Waals surface area contributed by atoms with Crippen LogP contribution >= 0.6 is 0 Å². The fourth-order valence-electron chi connectivity index (χ4n) is 4.99. The Bertz CT molecular complexity index is 742. The van der Waals surface area contributed by atoms with Crippen LogP contribution in [0.3, 0.4) is 0 Å². The molecule has 3 aliphatic rings. The number of carbonyl (C=O) groups is 1. The number of amides is 1. The minimum absolute atomic E-state index is 0.0375. The smallest absolute Gasteiger partial charge is 0.223 e. The highest BCUT2D eigenvalue weighted by molar-refractivity contribution is 7.88. The first-order chi connectivity index (χ1) is 12.5. The summed E-state index contributed by atoms with van der Waals surface area (Å²) in [4.78, 5) is 12.6. The van der Waals surface area contributed by atoms with Gasteiger partial charge in [-0.2, -0.15) is 0 Å². The lowest BCUT2D eigenvalue weighted by molar-refractivity contribution is -0.127. The Kier molecular flexibility index (Phi) is 5.06. The number of nitrogens with zero attached hydrogens (tertiary/aromatic N) is 1. The van der Waals surface area contributed by atoms with E-state index in [1.807, 2.05) is 30.3 Å². The monoisotopic (exact) mass is 376 g/mol. The zero-order valence-corrected chi connectivity index (χ0v) is 16.0. The van der Waals surface area contributed by atoms with Crippen LogP contribution in [-0.2, 0) is 20.6 Å². The van der Waals surface area contributed by atoms with E-state index in [0.29, 0.717) is 37.9 Å². The van der Waals surface area contributed by atoms with Gasteiger partial charge in [0.15, 0.2) is 0 Å². The molecule has 1 aromatic rings. The maximum absolute atomic E-state index is 12.6. The van der Waals surface area contributed by atoms with Crippen molar-refractivity contribution in [1.29, 1.82) is 0 Å². The van der Waals surface area contributed by atoms with Crippen LogP contribution in [0.1, 0.15) is 44.1 Å². The molecule has 6 heteroatoms. The summed E-state index contributed by atoms with van der Waals surface area (Å²) in [7, 11) is -3.31. The van der Waals surface area contributed by atoms with Gasteiger partial charge in [0.05, 0.1) is 5.75 Å². The maximum Gasteiger partial charge on any atom is 0.223 e. The van der Waals surface area contributed by atoms with Crippen molar-refractivity contribution in [2.45, 2.75) is 50.3 Å². The van der Waals surface area contributed by atoms with Gasteiger partial charge in [-0.05, 0) is 49.5 Å². The average molecular weight is 377 g/mol. The number of hydrogen-bond acceptors (Lipinski definition) is 3. The molecule has 3 atom stereocenters. The van der Waals surface area contributed by atoms with Crippen molar-refractivity contribution >= 4 is 15.9 Å². The molecule has 26 heavy (non-hydrogen) atoms. The molecule has 1 saturated heterocycles. The number of carbonyl (C=O) groups excluding carboxylic acids is 1. The zero-order valence-electron chi connectivity index (χ0n) is 15.1. The van der Waals surface area contributed by atoms with E-state index in [2.05, 4.69) is 5.32 Å². The maximum atomic E-state index is 12.6. The van der Waals surface area contributed by atoms with E-state index in [1.165, 1.54) is 19.3 Å². The highest BCUT2D eigenvalue weighted by Crippen LogP contribution is 2.44. The minimum Gasteiger partial charge on any atom is -0.353 e. The summed E-state index contributed by atoms with van der Waals surface area (Å²) < 4.78 is 26.8. The molecule has 0 aromatic heterocycles. The minimum atomic E-state index is -3.31. The molecule has 0 spiro atoms. The predicted octanol–water partition coefficient (Wildman–Crippen LogP) is 2.53. The summed E-state index contributed by atoms with van der Waals surface area (Å²) >= 11 is 0. The van der Waals surface area contributed by atoms with Crippen molar-refractivity contribution in [3.8, 4) is 0 Å². The SMILES string of the molecule is O=C(N[C@H]1C[C@H]2CC[C@H]1C2)C1CCN(S(=O)(=O)Cc2ccccc2)CC1. The van der Waals surface area contributed by atoms with Gasteiger partial charge < -0.3 is 5.32 Å². The molecular formula is C20H28N2O3S. The quantitative estimate of drug-likeness (QED) is 0.859. The van der Waals surface area contributed by atoms with Crippen molar-refractivity contribution in [1.82, 2.24) is 9.62 Å². The van der Waals surface area contributed by atoms with E-state index in [9.17, 15) is 13.2 Å². The summed E-state index contributed by atoms with van der Waals surface area (Å²) in [6.07, 6.45) is 6.25. The van der Waals surface area contributed by atoms with Gasteiger partial charge in [-0.25, -0.2) is 12.7 Å². The Morgan fingerprint density at radius 3 is 2.38 bits per heavy atom. The second kappa shape index (κ2) is 7.31. The van der Waals surface area contributed by atoms with Crippen LogP contribution in [0, 0.1) is 17.8 Å². The van der Waals surface area contributed by atoms with E-state index in [0.717, 1.165) is 17.9 Å². The average Bonchev–Trinajstić information content (AvgIpc) is 3.25. The van der Waals surface area contributed by atoms with Gasteiger partial charge in [0, 0.05) is 25.0 Å². The summed E-state index contributed by atoms with van der Waals surface area (Å²) in [5, 5.41) is 3.27. The molecule has 0 radical (unpaired) electrons. The summed E-state index contributed by atoms with van der Waals surface area (Å²) in [5.41, 5.74) is 0.809. The molecule has 1 amide bonds. The number of sulfonamides is 1. The first-order valence-electron chi connectivity index (χ1n) is 9.83. The van der Waals surface area contributed by atoms with Crippen LogP contribution in [0.5, 0.6) is 0 Å². The van der Waals surface area contributed by atoms with Gasteiger partial charge in [-0.1, -0.05) is 36.8 Å². The van der Waals surface area contributed by atoms with Gasteiger partial charge >= 0.3 is 0 Å². The fraction of sp³-hybridized carbons (Fsp3) is 0.650. The zero-order chi connectivity index (χ0) is 18.1. The Morgan fingerprint density at radius 1 is 1.04 bits per heavy atom. The Labute approximate surface area is 156 Å². The van der Waals surface area contributed by atoms with Crippen molar-refractivity contribution in [3.63, 3.8) is 0 Å². The number of nitrogens with one attached hydrogen (secondary N) is 1. The highest BCUT2D eigenvalue weighted by atomic mass is 32.2. The summed E-state index contributed by atoms with van der Waals surface area (Å²) in [5.74, 6) is 1.63. The van der Waals surface area contributed by atoms with Gasteiger partial charge in [-0.3, -0.25) is 4.79 Å². The van der Waals surface area contributed by atoms with Crippen LogP contribution in [0.2, 0.25) is 0 Å². The first-order valence-corrected chi connectivity index (χ1v) is 11.4. The number of hydrogen-bond donors (Lipinski definition) is 1. The van der Waals surface area contributed by atoms with Crippen molar-refractivity contribution in [2.75, 3.05) is 13.1 Å². The van der Waals surface area contributed by atoms with Gasteiger partial charge in [-0.15, -0.1) is 0 Å². The van der Waals surface area contributed by atoms with Gasteiger partial charge in [0.25, 0.3) is 0 Å². The third-order valence-corrected chi connectivity index (χ3v) is 8.33. The molecule has 3 fully saturated rings. The van der Waals surface area contributed by atoms with E-state index in [-0.39, 0.29) is 17.6 Å². The van der Waals surface area contributed by atoms with E-state index in [1.54, 1.807) is 4.31 Å². The first kappa shape index (κ1) is 18.0. The molecule has 1 aliphatic heterocycles. The normalized spacial score (nSPS) is 29.8. The van der Waals surface area contributed by atoms with Crippen molar-refractivity contribution in [2.24, 2.45) is 17.8 Å². The molecule has 1 aromatic carbocycles. The summed E-state index contributed by atoms with van der Waals surface area (Å²) in [6, 6.07) is 9.64. The summed E-state index contributed by atoms with van der Waals surface area (Å²) in [6.45, 7) is 0.897. The lowest BCUT2D eigenvalue weighted by Crippen LogP contribution is -2.46.